The molecule has 2 nitrogen and oxygen atoms in total. The van der Waals surface area contributed by atoms with Gasteiger partial charge >= 0.3 is 0 Å². The van der Waals surface area contributed by atoms with Crippen LogP contribution in [0.4, 0.5) is 0 Å². The van der Waals surface area contributed by atoms with E-state index in [1.807, 2.05) is 19.1 Å². The molecule has 0 spiro atoms. The first-order chi connectivity index (χ1) is 7.79. The average Bonchev–Trinajstić information content (AvgIpc) is 2.31. The molecule has 0 atom stereocenters. The number of hydrogen-bond donors (Lipinski definition) is 0. The number of thioether (sulfide) groups is 1. The van der Waals surface area contributed by atoms with Crippen LogP contribution in [0.1, 0.15) is 43.4 Å². The summed E-state index contributed by atoms with van der Waals surface area (Å²) in [6.07, 6.45) is 6.55. The zero-order valence-corrected chi connectivity index (χ0v) is 10.4. The number of aromatic nitrogens is 1. The van der Waals surface area contributed by atoms with Crippen molar-refractivity contribution < 1.29 is 0 Å². The van der Waals surface area contributed by atoms with E-state index in [-0.39, 0.29) is 0 Å². The van der Waals surface area contributed by atoms with E-state index in [0.717, 1.165) is 16.3 Å². The van der Waals surface area contributed by atoms with Gasteiger partial charge in [0, 0.05) is 10.9 Å². The molecule has 1 fully saturated rings. The van der Waals surface area contributed by atoms with Crippen LogP contribution in [0.3, 0.4) is 0 Å². The first-order valence-electron chi connectivity index (χ1n) is 5.84. The Morgan fingerprint density at radius 3 is 2.75 bits per heavy atom. The zero-order valence-electron chi connectivity index (χ0n) is 9.57. The van der Waals surface area contributed by atoms with Gasteiger partial charge in [-0.05, 0) is 31.9 Å². The van der Waals surface area contributed by atoms with Gasteiger partial charge in [-0.3, -0.25) is 0 Å². The molecule has 84 valence electrons. The fourth-order valence-electron chi connectivity index (χ4n) is 2.05. The third kappa shape index (κ3) is 2.76. The molecule has 3 heteroatoms. The summed E-state index contributed by atoms with van der Waals surface area (Å²) >= 11 is 1.80. The Labute approximate surface area is 101 Å². The Morgan fingerprint density at radius 2 is 2.06 bits per heavy atom. The van der Waals surface area contributed by atoms with Crippen LogP contribution in [-0.4, -0.2) is 10.2 Å². The smallest absolute Gasteiger partial charge is 0.114 e. The van der Waals surface area contributed by atoms with E-state index in [1.165, 1.54) is 32.1 Å². The van der Waals surface area contributed by atoms with Crippen LogP contribution in [0.5, 0.6) is 0 Å². The van der Waals surface area contributed by atoms with E-state index in [9.17, 15) is 0 Å². The summed E-state index contributed by atoms with van der Waals surface area (Å²) < 4.78 is 0. The van der Waals surface area contributed by atoms with E-state index in [4.69, 9.17) is 5.26 Å². The van der Waals surface area contributed by atoms with Crippen LogP contribution in [-0.2, 0) is 0 Å². The van der Waals surface area contributed by atoms with Crippen molar-refractivity contribution in [1.29, 1.82) is 5.26 Å². The Hall–Kier alpha value is -1.01. The summed E-state index contributed by atoms with van der Waals surface area (Å²) in [5.74, 6) is 0. The highest BCUT2D eigenvalue weighted by molar-refractivity contribution is 7.99. The fraction of sp³-hybridized carbons (Fsp3) is 0.538. The molecular weight excluding hydrogens is 216 g/mol. The molecule has 1 aliphatic rings. The minimum Gasteiger partial charge on any atom is -0.245 e. The maximum absolute atomic E-state index is 9.04. The highest BCUT2D eigenvalue weighted by Crippen LogP contribution is 2.34. The van der Waals surface area contributed by atoms with Gasteiger partial charge in [-0.2, -0.15) is 5.26 Å². The minimum absolute atomic E-state index is 0.662. The topological polar surface area (TPSA) is 36.7 Å². The first-order valence-corrected chi connectivity index (χ1v) is 6.72. The number of pyridine rings is 1. The lowest BCUT2D eigenvalue weighted by atomic mass is 10.0. The number of rotatable bonds is 2. The molecule has 0 radical (unpaired) electrons. The highest BCUT2D eigenvalue weighted by Gasteiger charge is 2.17. The van der Waals surface area contributed by atoms with Crippen LogP contribution >= 0.6 is 11.8 Å². The quantitative estimate of drug-likeness (QED) is 0.780. The van der Waals surface area contributed by atoms with Crippen LogP contribution in [0, 0.1) is 18.3 Å². The Kier molecular flexibility index (Phi) is 3.84. The standard InChI is InChI=1S/C13H16N2S/c1-10-7-8-11(9-14)13(15-10)16-12-5-3-2-4-6-12/h7-8,12H,2-6H2,1H3. The lowest BCUT2D eigenvalue weighted by Crippen LogP contribution is -2.08. The van der Waals surface area contributed by atoms with Gasteiger partial charge in [-0.15, -0.1) is 11.8 Å². The molecule has 0 amide bonds. The van der Waals surface area contributed by atoms with Gasteiger partial charge in [0.15, 0.2) is 0 Å². The second-order valence-electron chi connectivity index (χ2n) is 4.30. The van der Waals surface area contributed by atoms with E-state index in [0.29, 0.717) is 5.25 Å². The molecule has 16 heavy (non-hydrogen) atoms. The predicted octanol–water partition coefficient (Wildman–Crippen LogP) is 3.69. The molecule has 0 N–H and O–H groups in total. The van der Waals surface area contributed by atoms with Gasteiger partial charge in [0.25, 0.3) is 0 Å². The van der Waals surface area contributed by atoms with E-state index in [2.05, 4.69) is 11.1 Å². The normalized spacial score (nSPS) is 17.0. The average molecular weight is 232 g/mol. The van der Waals surface area contributed by atoms with Gasteiger partial charge in [-0.25, -0.2) is 4.98 Å². The Balaban J connectivity index is 2.13. The summed E-state index contributed by atoms with van der Waals surface area (Å²) in [5.41, 5.74) is 1.72. The van der Waals surface area contributed by atoms with Gasteiger partial charge in [0.2, 0.25) is 0 Å². The number of nitrogens with zero attached hydrogens (tertiary/aromatic N) is 2. The van der Waals surface area contributed by atoms with Crippen LogP contribution in [0.15, 0.2) is 17.2 Å². The number of hydrogen-bond acceptors (Lipinski definition) is 3. The third-order valence-electron chi connectivity index (χ3n) is 2.95. The van der Waals surface area contributed by atoms with Gasteiger partial charge < -0.3 is 0 Å². The van der Waals surface area contributed by atoms with Crippen molar-refractivity contribution in [2.24, 2.45) is 0 Å². The van der Waals surface area contributed by atoms with Crippen molar-refractivity contribution in [3.8, 4) is 6.07 Å². The van der Waals surface area contributed by atoms with Crippen molar-refractivity contribution in [1.82, 2.24) is 4.98 Å². The second kappa shape index (κ2) is 5.36. The van der Waals surface area contributed by atoms with Crippen LogP contribution in [0.2, 0.25) is 0 Å². The molecule has 1 aromatic rings. The van der Waals surface area contributed by atoms with Gasteiger partial charge in [-0.1, -0.05) is 19.3 Å². The molecule has 0 unspecified atom stereocenters. The molecule has 2 rings (SSSR count). The summed E-state index contributed by atoms with van der Waals surface area (Å²) in [6, 6.07) is 6.02. The highest BCUT2D eigenvalue weighted by atomic mass is 32.2. The van der Waals surface area contributed by atoms with Gasteiger partial charge in [0.1, 0.15) is 11.1 Å². The fourth-order valence-corrected chi connectivity index (χ4v) is 3.37. The molecule has 0 aromatic carbocycles. The molecule has 1 aromatic heterocycles. The van der Waals surface area contributed by atoms with Crippen LogP contribution in [0.25, 0.3) is 0 Å². The summed E-state index contributed by atoms with van der Waals surface area (Å²) in [5, 5.41) is 10.6. The molecule has 1 aliphatic carbocycles. The predicted molar refractivity (Wildman–Crippen MR) is 66.4 cm³/mol. The molecular formula is C13H16N2S. The van der Waals surface area contributed by atoms with Crippen molar-refractivity contribution in [2.75, 3.05) is 0 Å². The van der Waals surface area contributed by atoms with E-state index in [1.54, 1.807) is 11.8 Å². The second-order valence-corrected chi connectivity index (χ2v) is 5.58. The molecule has 1 heterocycles. The van der Waals surface area contributed by atoms with Crippen molar-refractivity contribution in [2.45, 2.75) is 49.3 Å². The molecule has 0 aliphatic heterocycles. The Morgan fingerprint density at radius 1 is 1.31 bits per heavy atom. The Bertz CT molecular complexity index is 403. The SMILES string of the molecule is Cc1ccc(C#N)c(SC2CCCCC2)n1. The number of nitriles is 1. The largest absolute Gasteiger partial charge is 0.245 e. The maximum atomic E-state index is 9.04. The molecule has 1 saturated carbocycles. The van der Waals surface area contributed by atoms with Gasteiger partial charge in [0.05, 0.1) is 5.56 Å². The summed E-state index contributed by atoms with van der Waals surface area (Å²) in [7, 11) is 0. The summed E-state index contributed by atoms with van der Waals surface area (Å²) in [6.45, 7) is 1.98. The third-order valence-corrected chi connectivity index (χ3v) is 4.29. The summed E-state index contributed by atoms with van der Waals surface area (Å²) in [4.78, 5) is 4.48. The molecule has 0 saturated heterocycles. The maximum Gasteiger partial charge on any atom is 0.114 e. The first kappa shape index (κ1) is 11.5. The minimum atomic E-state index is 0.662. The van der Waals surface area contributed by atoms with Crippen molar-refractivity contribution >= 4 is 11.8 Å². The zero-order chi connectivity index (χ0) is 11.4. The lowest BCUT2D eigenvalue weighted by molar-refractivity contribution is 0.515. The number of aryl methyl sites for hydroxylation is 1. The van der Waals surface area contributed by atoms with Crippen LogP contribution < -0.4 is 0 Å². The monoisotopic (exact) mass is 232 g/mol. The molecule has 0 bridgehead atoms. The van der Waals surface area contributed by atoms with Crippen molar-refractivity contribution in [3.63, 3.8) is 0 Å². The van der Waals surface area contributed by atoms with E-state index >= 15 is 0 Å². The van der Waals surface area contributed by atoms with Crippen molar-refractivity contribution in [3.05, 3.63) is 23.4 Å². The lowest BCUT2D eigenvalue weighted by Gasteiger charge is -2.20. The van der Waals surface area contributed by atoms with E-state index < -0.39 is 0 Å².